The van der Waals surface area contributed by atoms with Crippen molar-refractivity contribution in [2.24, 2.45) is 0 Å². The molecule has 0 spiro atoms. The highest BCUT2D eigenvalue weighted by Crippen LogP contribution is 2.30. The molecule has 5 heteroatoms. The van der Waals surface area contributed by atoms with Gasteiger partial charge in [-0.25, -0.2) is 0 Å². The van der Waals surface area contributed by atoms with E-state index < -0.39 is 0 Å². The van der Waals surface area contributed by atoms with Gasteiger partial charge in [0.05, 0.1) is 12.8 Å². The first-order valence-corrected chi connectivity index (χ1v) is 9.81. The van der Waals surface area contributed by atoms with Crippen molar-refractivity contribution in [3.05, 3.63) is 59.4 Å². The molecule has 28 heavy (non-hydrogen) atoms. The zero-order chi connectivity index (χ0) is 19.7. The number of benzene rings is 2. The van der Waals surface area contributed by atoms with Crippen LogP contribution in [0.4, 0.5) is 5.69 Å². The maximum absolute atomic E-state index is 13.1. The second kappa shape index (κ2) is 7.58. The Labute approximate surface area is 165 Å². The number of anilines is 1. The Morgan fingerprint density at radius 2 is 1.86 bits per heavy atom. The number of hydrogen-bond acceptors (Lipinski definition) is 4. The van der Waals surface area contributed by atoms with E-state index in [1.165, 1.54) is 5.56 Å². The van der Waals surface area contributed by atoms with Gasteiger partial charge in [-0.3, -0.25) is 4.79 Å². The van der Waals surface area contributed by atoms with E-state index in [0.717, 1.165) is 47.5 Å². The summed E-state index contributed by atoms with van der Waals surface area (Å²) in [6.45, 7) is 6.96. The Kier molecular flexibility index (Phi) is 4.99. The van der Waals surface area contributed by atoms with Crippen LogP contribution in [-0.2, 0) is 6.42 Å². The summed E-state index contributed by atoms with van der Waals surface area (Å²) in [5, 5.41) is 1.04. The number of rotatable bonds is 4. The van der Waals surface area contributed by atoms with Crippen LogP contribution in [0, 0.1) is 6.92 Å². The lowest BCUT2D eigenvalue weighted by Crippen LogP contribution is -2.48. The number of nitrogens with zero attached hydrogens (tertiary/aromatic N) is 2. The van der Waals surface area contributed by atoms with Crippen LogP contribution in [0.2, 0.25) is 0 Å². The lowest BCUT2D eigenvalue weighted by molar-refractivity contribution is 0.0716. The van der Waals surface area contributed by atoms with Gasteiger partial charge in [0.1, 0.15) is 11.3 Å². The van der Waals surface area contributed by atoms with E-state index in [9.17, 15) is 4.79 Å². The first-order valence-electron chi connectivity index (χ1n) is 9.81. The summed E-state index contributed by atoms with van der Waals surface area (Å²) in [7, 11) is 1.69. The monoisotopic (exact) mass is 378 g/mol. The van der Waals surface area contributed by atoms with Crippen LogP contribution in [0.5, 0.6) is 5.75 Å². The smallest absolute Gasteiger partial charge is 0.290 e. The summed E-state index contributed by atoms with van der Waals surface area (Å²) in [6, 6.07) is 14.2. The fourth-order valence-electron chi connectivity index (χ4n) is 3.88. The summed E-state index contributed by atoms with van der Waals surface area (Å²) in [5.74, 6) is 1.31. The van der Waals surface area contributed by atoms with Crippen molar-refractivity contribution < 1.29 is 13.9 Å². The molecule has 0 radical (unpaired) electrons. The third-order valence-corrected chi connectivity index (χ3v) is 5.60. The van der Waals surface area contributed by atoms with Gasteiger partial charge >= 0.3 is 0 Å². The van der Waals surface area contributed by atoms with Crippen molar-refractivity contribution >= 4 is 22.6 Å². The van der Waals surface area contributed by atoms with Gasteiger partial charge in [0.2, 0.25) is 0 Å². The first kappa shape index (κ1) is 18.4. The molecule has 1 aromatic heterocycles. The van der Waals surface area contributed by atoms with Gasteiger partial charge in [0.15, 0.2) is 5.76 Å². The molecule has 1 amide bonds. The van der Waals surface area contributed by atoms with Gasteiger partial charge in [-0.1, -0.05) is 25.1 Å². The molecular weight excluding hydrogens is 352 g/mol. The standard InChI is InChI=1S/C23H26N2O3/c1-4-17-9-10-20-18(15-17)16(2)22(28-20)23(26)25-13-11-24(12-14-25)19-7-5-6-8-21(19)27-3/h5-10,15H,4,11-14H2,1-3H3. The summed E-state index contributed by atoms with van der Waals surface area (Å²) in [6.07, 6.45) is 0.967. The van der Waals surface area contributed by atoms with Crippen molar-refractivity contribution in [3.8, 4) is 5.75 Å². The molecule has 1 fully saturated rings. The lowest BCUT2D eigenvalue weighted by Gasteiger charge is -2.36. The molecule has 1 aliphatic heterocycles. The number of aryl methyl sites for hydroxylation is 2. The van der Waals surface area contributed by atoms with Gasteiger partial charge < -0.3 is 19.0 Å². The van der Waals surface area contributed by atoms with E-state index in [-0.39, 0.29) is 5.91 Å². The highest BCUT2D eigenvalue weighted by molar-refractivity contribution is 5.99. The average molecular weight is 378 g/mol. The first-order chi connectivity index (χ1) is 13.6. The van der Waals surface area contributed by atoms with E-state index in [0.29, 0.717) is 18.8 Å². The summed E-state index contributed by atoms with van der Waals surface area (Å²) in [5.41, 5.74) is 4.04. The van der Waals surface area contributed by atoms with Crippen LogP contribution < -0.4 is 9.64 Å². The van der Waals surface area contributed by atoms with Gasteiger partial charge in [-0.05, 0) is 43.2 Å². The molecule has 4 rings (SSSR count). The Balaban J connectivity index is 1.51. The molecule has 2 aromatic carbocycles. The number of hydrogen-bond donors (Lipinski definition) is 0. The molecule has 146 valence electrons. The van der Waals surface area contributed by atoms with E-state index in [4.69, 9.17) is 9.15 Å². The van der Waals surface area contributed by atoms with Crippen molar-refractivity contribution in [2.45, 2.75) is 20.3 Å². The number of amides is 1. The van der Waals surface area contributed by atoms with Crippen LogP contribution in [-0.4, -0.2) is 44.1 Å². The van der Waals surface area contributed by atoms with E-state index in [1.807, 2.05) is 36.1 Å². The number of fused-ring (bicyclic) bond motifs is 1. The van der Waals surface area contributed by atoms with Crippen molar-refractivity contribution in [3.63, 3.8) is 0 Å². The molecule has 0 saturated carbocycles. The van der Waals surface area contributed by atoms with Crippen molar-refractivity contribution in [1.29, 1.82) is 0 Å². The Bertz CT molecular complexity index is 1000. The van der Waals surface area contributed by atoms with Gasteiger partial charge in [0, 0.05) is 37.1 Å². The Morgan fingerprint density at radius 3 is 2.57 bits per heavy atom. The number of para-hydroxylation sites is 2. The van der Waals surface area contributed by atoms with E-state index in [2.05, 4.69) is 30.0 Å². The molecule has 2 heterocycles. The van der Waals surface area contributed by atoms with Gasteiger partial charge in [0.25, 0.3) is 5.91 Å². The molecule has 0 atom stereocenters. The highest BCUT2D eigenvalue weighted by atomic mass is 16.5. The van der Waals surface area contributed by atoms with Crippen LogP contribution in [0.1, 0.15) is 28.6 Å². The molecule has 5 nitrogen and oxygen atoms in total. The second-order valence-corrected chi connectivity index (χ2v) is 7.19. The summed E-state index contributed by atoms with van der Waals surface area (Å²) >= 11 is 0. The fourth-order valence-corrected chi connectivity index (χ4v) is 3.88. The minimum Gasteiger partial charge on any atom is -0.495 e. The number of carbonyl (C=O) groups excluding carboxylic acids is 1. The SMILES string of the molecule is CCc1ccc2oc(C(=O)N3CCN(c4ccccc4OC)CC3)c(C)c2c1. The van der Waals surface area contributed by atoms with Crippen molar-refractivity contribution in [2.75, 3.05) is 38.2 Å². The average Bonchev–Trinajstić information content (AvgIpc) is 3.09. The topological polar surface area (TPSA) is 45.9 Å². The van der Waals surface area contributed by atoms with Crippen LogP contribution in [0.3, 0.4) is 0 Å². The van der Waals surface area contributed by atoms with Crippen LogP contribution in [0.15, 0.2) is 46.9 Å². The molecule has 1 aliphatic rings. The minimum atomic E-state index is -0.0218. The number of piperazine rings is 1. The molecule has 3 aromatic rings. The number of furan rings is 1. The molecule has 0 unspecified atom stereocenters. The van der Waals surface area contributed by atoms with Gasteiger partial charge in [-0.2, -0.15) is 0 Å². The van der Waals surface area contributed by atoms with Crippen LogP contribution in [0.25, 0.3) is 11.0 Å². The quantitative estimate of drug-likeness (QED) is 0.680. The summed E-state index contributed by atoms with van der Waals surface area (Å²) in [4.78, 5) is 17.3. The number of methoxy groups -OCH3 is 1. The zero-order valence-corrected chi connectivity index (χ0v) is 16.7. The molecular formula is C23H26N2O3. The molecule has 1 saturated heterocycles. The summed E-state index contributed by atoms with van der Waals surface area (Å²) < 4.78 is 11.4. The molecule has 0 N–H and O–H groups in total. The highest BCUT2D eigenvalue weighted by Gasteiger charge is 2.27. The second-order valence-electron chi connectivity index (χ2n) is 7.19. The fraction of sp³-hybridized carbons (Fsp3) is 0.348. The van der Waals surface area contributed by atoms with Crippen LogP contribution >= 0.6 is 0 Å². The Hall–Kier alpha value is -2.95. The van der Waals surface area contributed by atoms with Crippen molar-refractivity contribution in [1.82, 2.24) is 4.90 Å². The Morgan fingerprint density at radius 1 is 1.11 bits per heavy atom. The molecule has 0 bridgehead atoms. The number of ether oxygens (including phenoxy) is 1. The molecule has 0 aliphatic carbocycles. The normalized spacial score (nSPS) is 14.5. The largest absolute Gasteiger partial charge is 0.495 e. The predicted molar refractivity (Wildman–Crippen MR) is 111 cm³/mol. The third-order valence-electron chi connectivity index (χ3n) is 5.60. The lowest BCUT2D eigenvalue weighted by atomic mass is 10.1. The minimum absolute atomic E-state index is 0.0218. The van der Waals surface area contributed by atoms with E-state index >= 15 is 0 Å². The maximum Gasteiger partial charge on any atom is 0.290 e. The zero-order valence-electron chi connectivity index (χ0n) is 16.7. The maximum atomic E-state index is 13.1. The predicted octanol–water partition coefficient (Wildman–Crippen LogP) is 4.27. The van der Waals surface area contributed by atoms with Gasteiger partial charge in [-0.15, -0.1) is 0 Å². The number of carbonyl (C=O) groups is 1. The van der Waals surface area contributed by atoms with E-state index in [1.54, 1.807) is 7.11 Å². The third kappa shape index (κ3) is 3.21.